The van der Waals surface area contributed by atoms with Gasteiger partial charge in [0.25, 0.3) is 0 Å². The van der Waals surface area contributed by atoms with E-state index >= 15 is 0 Å². The Hall–Kier alpha value is -1.48. The van der Waals surface area contributed by atoms with Gasteiger partial charge >= 0.3 is 0 Å². The molecule has 0 fully saturated rings. The maximum absolute atomic E-state index is 5.59. The molecular formula is C18H26Br2N4O2. The van der Waals surface area contributed by atoms with Crippen LogP contribution in [0.4, 0.5) is 11.4 Å². The fourth-order valence-electron chi connectivity index (χ4n) is 1.92. The van der Waals surface area contributed by atoms with E-state index in [0.717, 1.165) is 48.8 Å². The number of rotatable bonds is 10. The Balaban J connectivity index is 0.00000312. The summed E-state index contributed by atoms with van der Waals surface area (Å²) in [6.07, 6.45) is 1.91. The van der Waals surface area contributed by atoms with Crippen molar-refractivity contribution in [2.45, 2.75) is 12.8 Å². The molecule has 0 aliphatic heterocycles. The second-order valence-corrected chi connectivity index (χ2v) is 5.30. The molecule has 2 rings (SSSR count). The third kappa shape index (κ3) is 9.28. The molecule has 0 atom stereocenters. The fraction of sp³-hybridized carbons (Fsp3) is 0.333. The summed E-state index contributed by atoms with van der Waals surface area (Å²) in [7, 11) is 0. The van der Waals surface area contributed by atoms with Crippen molar-refractivity contribution in [3.05, 3.63) is 48.5 Å². The molecule has 2 aromatic rings. The number of azo groups is 1. The van der Waals surface area contributed by atoms with E-state index in [1.165, 1.54) is 0 Å². The molecule has 26 heavy (non-hydrogen) atoms. The standard InChI is InChI=1S/C18H24N4O2.2BrH/c19-11-1-13-23-17-7-3-15(4-8-17)21-22-16-5-9-18(10-6-16)24-14-2-12-20;;/h3-10H,1-2,11-14,19-20H2;2*1H. The number of halogens is 2. The normalized spacial score (nSPS) is 10.1. The Morgan fingerprint density at radius 3 is 1.27 bits per heavy atom. The van der Waals surface area contributed by atoms with Gasteiger partial charge in [-0.3, -0.25) is 0 Å². The second kappa shape index (κ2) is 14.7. The van der Waals surface area contributed by atoms with Gasteiger partial charge in [-0.1, -0.05) is 0 Å². The molecule has 0 radical (unpaired) electrons. The summed E-state index contributed by atoms with van der Waals surface area (Å²) in [6, 6.07) is 15.2. The SMILES string of the molecule is [Br-].[Br-].[NH3+]CCCOc1ccc(N=Nc2ccc(OCCC[NH3+])cc2)cc1. The highest BCUT2D eigenvalue weighted by Crippen LogP contribution is 2.23. The lowest BCUT2D eigenvalue weighted by Gasteiger charge is -2.04. The summed E-state index contributed by atoms with van der Waals surface area (Å²) in [5, 5.41) is 8.46. The largest absolute Gasteiger partial charge is 1.00 e. The van der Waals surface area contributed by atoms with Crippen LogP contribution >= 0.6 is 0 Å². The zero-order valence-corrected chi connectivity index (χ0v) is 17.9. The third-order valence-electron chi connectivity index (χ3n) is 3.28. The Morgan fingerprint density at radius 1 is 0.615 bits per heavy atom. The van der Waals surface area contributed by atoms with E-state index in [4.69, 9.17) is 9.47 Å². The van der Waals surface area contributed by atoms with Crippen molar-refractivity contribution in [2.75, 3.05) is 26.3 Å². The first kappa shape index (κ1) is 24.5. The van der Waals surface area contributed by atoms with Crippen LogP contribution in [0.3, 0.4) is 0 Å². The average molecular weight is 490 g/mol. The average Bonchev–Trinajstić information content (AvgIpc) is 2.63. The van der Waals surface area contributed by atoms with Crippen molar-refractivity contribution in [1.82, 2.24) is 0 Å². The number of ether oxygens (including phenoxy) is 2. The van der Waals surface area contributed by atoms with Crippen LogP contribution in [-0.4, -0.2) is 26.3 Å². The third-order valence-corrected chi connectivity index (χ3v) is 3.28. The molecule has 0 aromatic heterocycles. The van der Waals surface area contributed by atoms with Crippen LogP contribution in [0.25, 0.3) is 0 Å². The van der Waals surface area contributed by atoms with Crippen molar-refractivity contribution in [1.29, 1.82) is 0 Å². The molecular weight excluding hydrogens is 464 g/mol. The van der Waals surface area contributed by atoms with Crippen LogP contribution in [0.5, 0.6) is 11.5 Å². The molecule has 8 heteroatoms. The number of benzene rings is 2. The first-order valence-electron chi connectivity index (χ1n) is 8.28. The predicted molar refractivity (Wildman–Crippen MR) is 92.8 cm³/mol. The van der Waals surface area contributed by atoms with E-state index < -0.39 is 0 Å². The Morgan fingerprint density at radius 2 is 0.962 bits per heavy atom. The summed E-state index contributed by atoms with van der Waals surface area (Å²) in [4.78, 5) is 0. The van der Waals surface area contributed by atoms with Crippen LogP contribution < -0.4 is 54.9 Å². The molecule has 6 N–H and O–H groups in total. The lowest BCUT2D eigenvalue weighted by atomic mass is 10.3. The Labute approximate surface area is 175 Å². The molecule has 2 aromatic carbocycles. The lowest BCUT2D eigenvalue weighted by molar-refractivity contribution is -0.369. The van der Waals surface area contributed by atoms with Crippen molar-refractivity contribution < 1.29 is 54.9 Å². The minimum Gasteiger partial charge on any atom is -1.00 e. The summed E-state index contributed by atoms with van der Waals surface area (Å²) >= 11 is 0. The number of quaternary nitrogens is 2. The zero-order chi connectivity index (χ0) is 17.0. The molecule has 6 nitrogen and oxygen atoms in total. The summed E-state index contributed by atoms with van der Waals surface area (Å²) in [5.74, 6) is 1.68. The van der Waals surface area contributed by atoms with Crippen LogP contribution in [0.2, 0.25) is 0 Å². The van der Waals surface area contributed by atoms with Crippen LogP contribution in [0.15, 0.2) is 58.8 Å². The molecule has 144 valence electrons. The molecule has 0 saturated carbocycles. The monoisotopic (exact) mass is 488 g/mol. The lowest BCUT2D eigenvalue weighted by Crippen LogP contribution is -3.00. The van der Waals surface area contributed by atoms with Crippen molar-refractivity contribution in [3.8, 4) is 11.5 Å². The quantitative estimate of drug-likeness (QED) is 0.264. The topological polar surface area (TPSA) is 98.5 Å². The van der Waals surface area contributed by atoms with Gasteiger partial charge in [-0.05, 0) is 48.5 Å². The van der Waals surface area contributed by atoms with Crippen LogP contribution in [0.1, 0.15) is 12.8 Å². The molecule has 0 saturated heterocycles. The van der Waals surface area contributed by atoms with Gasteiger partial charge in [-0.2, -0.15) is 10.2 Å². The van der Waals surface area contributed by atoms with E-state index in [0.29, 0.717) is 13.2 Å². The molecule has 0 amide bonds. The van der Waals surface area contributed by atoms with E-state index in [-0.39, 0.29) is 34.0 Å². The molecule has 0 aliphatic carbocycles. The van der Waals surface area contributed by atoms with Gasteiger partial charge in [0.2, 0.25) is 0 Å². The Kier molecular flexibility index (Phi) is 13.8. The summed E-state index contributed by atoms with van der Waals surface area (Å²) < 4.78 is 11.2. The predicted octanol–water partition coefficient (Wildman–Crippen LogP) is -3.87. The first-order valence-corrected chi connectivity index (χ1v) is 8.28. The van der Waals surface area contributed by atoms with E-state index in [2.05, 4.69) is 21.7 Å². The van der Waals surface area contributed by atoms with Crippen LogP contribution in [-0.2, 0) is 0 Å². The highest BCUT2D eigenvalue weighted by molar-refractivity contribution is 5.44. The van der Waals surface area contributed by atoms with Crippen LogP contribution in [0, 0.1) is 0 Å². The summed E-state index contributed by atoms with van der Waals surface area (Å²) in [6.45, 7) is 3.14. The minimum atomic E-state index is 0. The highest BCUT2D eigenvalue weighted by Gasteiger charge is 1.97. The van der Waals surface area contributed by atoms with E-state index in [9.17, 15) is 0 Å². The smallest absolute Gasteiger partial charge is 0.119 e. The maximum atomic E-state index is 5.59. The van der Waals surface area contributed by atoms with E-state index in [1.807, 2.05) is 48.5 Å². The van der Waals surface area contributed by atoms with E-state index in [1.54, 1.807) is 0 Å². The van der Waals surface area contributed by atoms with Gasteiger partial charge in [0.05, 0.1) is 37.7 Å². The van der Waals surface area contributed by atoms with Gasteiger partial charge in [-0.25, -0.2) is 0 Å². The highest BCUT2D eigenvalue weighted by atomic mass is 79.9. The van der Waals surface area contributed by atoms with Crippen molar-refractivity contribution in [2.24, 2.45) is 10.2 Å². The van der Waals surface area contributed by atoms with Gasteiger partial charge < -0.3 is 54.9 Å². The number of nitrogens with zero attached hydrogens (tertiary/aromatic N) is 2. The molecule has 0 spiro atoms. The zero-order valence-electron chi connectivity index (χ0n) is 14.7. The number of hydrogen-bond acceptors (Lipinski definition) is 4. The molecule has 0 heterocycles. The molecule has 0 bridgehead atoms. The van der Waals surface area contributed by atoms with Crippen molar-refractivity contribution in [3.63, 3.8) is 0 Å². The van der Waals surface area contributed by atoms with Crippen molar-refractivity contribution >= 4 is 11.4 Å². The number of hydrogen-bond donors (Lipinski definition) is 2. The Bertz CT molecular complexity index is 567. The van der Waals surface area contributed by atoms with Gasteiger partial charge in [0.1, 0.15) is 11.5 Å². The van der Waals surface area contributed by atoms with Gasteiger partial charge in [-0.15, -0.1) is 0 Å². The van der Waals surface area contributed by atoms with Gasteiger partial charge in [0.15, 0.2) is 0 Å². The summed E-state index contributed by atoms with van der Waals surface area (Å²) in [5.41, 5.74) is 9.16. The maximum Gasteiger partial charge on any atom is 0.119 e. The second-order valence-electron chi connectivity index (χ2n) is 5.30. The van der Waals surface area contributed by atoms with Gasteiger partial charge in [0, 0.05) is 12.8 Å². The fourth-order valence-corrected chi connectivity index (χ4v) is 1.92. The molecule has 0 unspecified atom stereocenters. The first-order chi connectivity index (χ1) is 11.8. The minimum absolute atomic E-state index is 0. The molecule has 0 aliphatic rings.